The first-order chi connectivity index (χ1) is 5.55. The number of likely N-dealkylation sites (tertiary alicyclic amines) is 1. The van der Waals surface area contributed by atoms with E-state index in [-0.39, 0.29) is 5.24 Å². The molecule has 0 aliphatic carbocycles. The molecular weight excluding hydrogens is 174 g/mol. The third-order valence-corrected chi connectivity index (χ3v) is 2.88. The lowest BCUT2D eigenvalue weighted by molar-refractivity contribution is 0.00687. The van der Waals surface area contributed by atoms with Crippen LogP contribution >= 0.6 is 11.8 Å². The van der Waals surface area contributed by atoms with Crippen molar-refractivity contribution in [3.8, 4) is 0 Å². The number of hydrogen-bond donors (Lipinski definition) is 1. The molecule has 0 spiro atoms. The van der Waals surface area contributed by atoms with Gasteiger partial charge in [-0.25, -0.2) is 0 Å². The molecule has 3 nitrogen and oxygen atoms in total. The third-order valence-electron chi connectivity index (χ3n) is 2.27. The maximum Gasteiger partial charge on any atom is 0.281 e. The predicted molar refractivity (Wildman–Crippen MR) is 50.3 cm³/mol. The minimum Gasteiger partial charge on any atom is -0.390 e. The van der Waals surface area contributed by atoms with E-state index in [0.717, 1.165) is 0 Å². The van der Waals surface area contributed by atoms with Gasteiger partial charge >= 0.3 is 0 Å². The fourth-order valence-corrected chi connectivity index (χ4v) is 1.74. The molecule has 0 saturated carbocycles. The van der Waals surface area contributed by atoms with E-state index in [0.29, 0.717) is 25.9 Å². The number of thioether (sulfide) groups is 1. The zero-order valence-electron chi connectivity index (χ0n) is 7.54. The van der Waals surface area contributed by atoms with Crippen LogP contribution in [0.1, 0.15) is 19.8 Å². The summed E-state index contributed by atoms with van der Waals surface area (Å²) in [5, 5.41) is 9.72. The molecular formula is C8H15NO2S. The van der Waals surface area contributed by atoms with Crippen molar-refractivity contribution in [1.82, 2.24) is 4.90 Å². The van der Waals surface area contributed by atoms with Crippen LogP contribution < -0.4 is 0 Å². The average Bonchev–Trinajstić information content (AvgIpc) is 2.03. The second kappa shape index (κ2) is 3.66. The van der Waals surface area contributed by atoms with E-state index in [4.69, 9.17) is 0 Å². The molecule has 1 aliphatic rings. The van der Waals surface area contributed by atoms with E-state index in [1.54, 1.807) is 11.2 Å². The van der Waals surface area contributed by atoms with Crippen LogP contribution in [0.3, 0.4) is 0 Å². The Morgan fingerprint density at radius 1 is 1.50 bits per heavy atom. The lowest BCUT2D eigenvalue weighted by atomic mass is 9.94. The van der Waals surface area contributed by atoms with Crippen LogP contribution in [0.4, 0.5) is 4.79 Å². The van der Waals surface area contributed by atoms with Crippen LogP contribution in [-0.2, 0) is 0 Å². The van der Waals surface area contributed by atoms with Gasteiger partial charge in [-0.3, -0.25) is 4.79 Å². The normalized spacial score (nSPS) is 22.4. The standard InChI is InChI=1S/C8H15NO2S/c1-8(11)3-5-9(6-4-8)7(10)12-2/h11H,3-6H2,1-2H3. The van der Waals surface area contributed by atoms with E-state index in [2.05, 4.69) is 0 Å². The topological polar surface area (TPSA) is 40.5 Å². The first kappa shape index (κ1) is 9.86. The van der Waals surface area contributed by atoms with Gasteiger partial charge in [0.05, 0.1) is 5.60 Å². The highest BCUT2D eigenvalue weighted by Gasteiger charge is 2.28. The second-order valence-corrected chi connectivity index (χ2v) is 4.21. The van der Waals surface area contributed by atoms with E-state index >= 15 is 0 Å². The summed E-state index contributed by atoms with van der Waals surface area (Å²) in [6, 6.07) is 0. The van der Waals surface area contributed by atoms with Crippen molar-refractivity contribution in [2.24, 2.45) is 0 Å². The number of amides is 1. The fourth-order valence-electron chi connectivity index (χ4n) is 1.30. The van der Waals surface area contributed by atoms with Crippen LogP contribution in [0.2, 0.25) is 0 Å². The number of rotatable bonds is 0. The van der Waals surface area contributed by atoms with Gasteiger partial charge in [0.25, 0.3) is 5.24 Å². The maximum atomic E-state index is 11.2. The summed E-state index contributed by atoms with van der Waals surface area (Å²) in [5.74, 6) is 0. The molecule has 0 aromatic carbocycles. The third kappa shape index (κ3) is 2.38. The average molecular weight is 189 g/mol. The first-order valence-electron chi connectivity index (χ1n) is 4.10. The number of piperidine rings is 1. The minimum atomic E-state index is -0.560. The highest BCUT2D eigenvalue weighted by Crippen LogP contribution is 2.22. The summed E-state index contributed by atoms with van der Waals surface area (Å²) in [4.78, 5) is 13.0. The molecule has 1 saturated heterocycles. The van der Waals surface area contributed by atoms with E-state index in [1.807, 2.05) is 6.92 Å². The Bertz CT molecular complexity index is 172. The number of carbonyl (C=O) groups is 1. The maximum absolute atomic E-state index is 11.2. The molecule has 0 unspecified atom stereocenters. The molecule has 12 heavy (non-hydrogen) atoms. The minimum absolute atomic E-state index is 0.116. The molecule has 0 radical (unpaired) electrons. The Labute approximate surface area is 77.1 Å². The van der Waals surface area contributed by atoms with Crippen molar-refractivity contribution in [3.63, 3.8) is 0 Å². The van der Waals surface area contributed by atoms with Crippen LogP contribution in [0, 0.1) is 0 Å². The predicted octanol–water partition coefficient (Wildman–Crippen LogP) is 1.32. The summed E-state index contributed by atoms with van der Waals surface area (Å²) >= 11 is 1.24. The van der Waals surface area contributed by atoms with Crippen molar-refractivity contribution in [2.75, 3.05) is 19.3 Å². The molecule has 0 aromatic heterocycles. The number of nitrogens with zero attached hydrogens (tertiary/aromatic N) is 1. The summed E-state index contributed by atoms with van der Waals surface area (Å²) in [6.07, 6.45) is 3.17. The van der Waals surface area contributed by atoms with Crippen molar-refractivity contribution in [1.29, 1.82) is 0 Å². The summed E-state index contributed by atoms with van der Waals surface area (Å²) in [6.45, 7) is 3.20. The van der Waals surface area contributed by atoms with Crippen LogP contribution in [0.15, 0.2) is 0 Å². The Morgan fingerprint density at radius 2 is 2.00 bits per heavy atom. The molecule has 0 bridgehead atoms. The molecule has 70 valence electrons. The Hall–Kier alpha value is -0.220. The lowest BCUT2D eigenvalue weighted by Crippen LogP contribution is -2.43. The van der Waals surface area contributed by atoms with Gasteiger partial charge in [-0.1, -0.05) is 11.8 Å². The highest BCUT2D eigenvalue weighted by atomic mass is 32.2. The number of carbonyl (C=O) groups excluding carboxylic acids is 1. The molecule has 1 aliphatic heterocycles. The molecule has 1 fully saturated rings. The van der Waals surface area contributed by atoms with Crippen molar-refractivity contribution >= 4 is 17.0 Å². The summed E-state index contributed by atoms with van der Waals surface area (Å²) < 4.78 is 0. The first-order valence-corrected chi connectivity index (χ1v) is 5.33. The Morgan fingerprint density at radius 3 is 2.42 bits per heavy atom. The molecule has 1 N–H and O–H groups in total. The van der Waals surface area contributed by atoms with Gasteiger partial charge in [-0.15, -0.1) is 0 Å². The van der Waals surface area contributed by atoms with Crippen LogP contribution in [-0.4, -0.2) is 40.2 Å². The Balaban J connectivity index is 2.41. The molecule has 1 rings (SSSR count). The van der Waals surface area contributed by atoms with Crippen molar-refractivity contribution in [2.45, 2.75) is 25.4 Å². The number of hydrogen-bond acceptors (Lipinski definition) is 3. The summed E-state index contributed by atoms with van der Waals surface area (Å²) in [5.41, 5.74) is -0.560. The molecule has 4 heteroatoms. The van der Waals surface area contributed by atoms with E-state index in [1.165, 1.54) is 11.8 Å². The van der Waals surface area contributed by atoms with Gasteiger partial charge in [0.2, 0.25) is 0 Å². The van der Waals surface area contributed by atoms with Crippen molar-refractivity contribution < 1.29 is 9.90 Å². The zero-order valence-corrected chi connectivity index (χ0v) is 8.36. The quantitative estimate of drug-likeness (QED) is 0.624. The van der Waals surface area contributed by atoms with Crippen LogP contribution in [0.25, 0.3) is 0 Å². The zero-order chi connectivity index (χ0) is 9.19. The molecule has 1 amide bonds. The fraction of sp³-hybridized carbons (Fsp3) is 0.875. The van der Waals surface area contributed by atoms with Crippen LogP contribution in [0.5, 0.6) is 0 Å². The Kier molecular flexibility index (Phi) is 3.01. The van der Waals surface area contributed by atoms with Crippen molar-refractivity contribution in [3.05, 3.63) is 0 Å². The van der Waals surface area contributed by atoms with Gasteiger partial charge in [-0.05, 0) is 26.0 Å². The van der Waals surface area contributed by atoms with Gasteiger partial charge in [0.15, 0.2) is 0 Å². The molecule has 1 heterocycles. The monoisotopic (exact) mass is 189 g/mol. The number of aliphatic hydroxyl groups is 1. The smallest absolute Gasteiger partial charge is 0.281 e. The highest BCUT2D eigenvalue weighted by molar-refractivity contribution is 8.12. The van der Waals surface area contributed by atoms with Gasteiger partial charge in [0, 0.05) is 13.1 Å². The van der Waals surface area contributed by atoms with E-state index < -0.39 is 5.60 Å². The molecule has 0 atom stereocenters. The summed E-state index contributed by atoms with van der Waals surface area (Å²) in [7, 11) is 0. The molecule has 0 aromatic rings. The second-order valence-electron chi connectivity index (χ2n) is 3.45. The SMILES string of the molecule is CSC(=O)N1CCC(C)(O)CC1. The van der Waals surface area contributed by atoms with E-state index in [9.17, 15) is 9.90 Å². The van der Waals surface area contributed by atoms with Gasteiger partial charge in [0.1, 0.15) is 0 Å². The van der Waals surface area contributed by atoms with Gasteiger partial charge in [-0.2, -0.15) is 0 Å². The largest absolute Gasteiger partial charge is 0.390 e. The van der Waals surface area contributed by atoms with Gasteiger partial charge < -0.3 is 10.0 Å². The lowest BCUT2D eigenvalue weighted by Gasteiger charge is -2.35.